The van der Waals surface area contributed by atoms with E-state index in [0.29, 0.717) is 17.0 Å². The third-order valence-corrected chi connectivity index (χ3v) is 7.77. The van der Waals surface area contributed by atoms with Gasteiger partial charge in [-0.1, -0.05) is 23.7 Å². The molecule has 1 aromatic rings. The molecule has 2 amide bonds. The highest BCUT2D eigenvalue weighted by Gasteiger charge is 2.69. The molecule has 3 saturated heterocycles. The SMILES string of the molecule is CC(C)(C)OC(=O)NC(Cc1ccc(Cl)cc1)C(=O)N1CCC2(CC1)C[N+]21CCCCC1.[Cl-]. The van der Waals surface area contributed by atoms with E-state index >= 15 is 0 Å². The molecule has 8 heteroatoms. The van der Waals surface area contributed by atoms with E-state index < -0.39 is 17.7 Å². The van der Waals surface area contributed by atoms with Crippen molar-refractivity contribution < 1.29 is 31.2 Å². The Morgan fingerprint density at radius 1 is 1.12 bits per heavy atom. The number of nitrogens with one attached hydrogen (secondary N) is 1. The molecule has 1 atom stereocenters. The molecule has 3 fully saturated rings. The molecule has 3 aliphatic heterocycles. The third kappa shape index (κ3) is 5.95. The van der Waals surface area contributed by atoms with Gasteiger partial charge in [0.1, 0.15) is 18.2 Å². The van der Waals surface area contributed by atoms with Gasteiger partial charge in [0.25, 0.3) is 0 Å². The fraction of sp³-hybridized carbons (Fsp3) is 0.680. The minimum atomic E-state index is -0.655. The number of fused-ring (bicyclic) bond motifs is 1. The lowest BCUT2D eigenvalue weighted by molar-refractivity contribution is -0.836. The summed E-state index contributed by atoms with van der Waals surface area (Å²) in [6, 6.07) is 6.77. The molecule has 0 bridgehead atoms. The number of carbonyl (C=O) groups is 2. The van der Waals surface area contributed by atoms with Crippen LogP contribution in [0.3, 0.4) is 0 Å². The molecule has 2 spiro atoms. The number of amides is 2. The monoisotopic (exact) mass is 497 g/mol. The fourth-order valence-electron chi connectivity index (χ4n) is 5.78. The van der Waals surface area contributed by atoms with Gasteiger partial charge in [0.2, 0.25) is 5.91 Å². The van der Waals surface area contributed by atoms with Gasteiger partial charge in [-0.2, -0.15) is 0 Å². The number of rotatable bonds is 4. The Labute approximate surface area is 209 Å². The van der Waals surface area contributed by atoms with Gasteiger partial charge in [0, 0.05) is 37.4 Å². The van der Waals surface area contributed by atoms with Crippen molar-refractivity contribution >= 4 is 23.6 Å². The highest BCUT2D eigenvalue weighted by molar-refractivity contribution is 6.30. The maximum absolute atomic E-state index is 13.5. The number of carbonyl (C=O) groups excluding carboxylic acids is 2. The second-order valence-electron chi connectivity index (χ2n) is 10.9. The molecule has 0 saturated carbocycles. The van der Waals surface area contributed by atoms with E-state index in [4.69, 9.17) is 16.3 Å². The van der Waals surface area contributed by atoms with Crippen LogP contribution in [0.15, 0.2) is 24.3 Å². The van der Waals surface area contributed by atoms with E-state index in [1.54, 1.807) is 0 Å². The van der Waals surface area contributed by atoms with Crippen molar-refractivity contribution in [2.75, 3.05) is 32.7 Å². The van der Waals surface area contributed by atoms with Crippen molar-refractivity contribution in [3.05, 3.63) is 34.9 Å². The Morgan fingerprint density at radius 3 is 2.30 bits per heavy atom. The lowest BCUT2D eigenvalue weighted by atomic mass is 9.94. The lowest BCUT2D eigenvalue weighted by Gasteiger charge is -2.37. The van der Waals surface area contributed by atoms with E-state index in [9.17, 15) is 9.59 Å². The summed E-state index contributed by atoms with van der Waals surface area (Å²) < 4.78 is 6.73. The van der Waals surface area contributed by atoms with Crippen LogP contribution in [0.2, 0.25) is 5.02 Å². The first-order valence-electron chi connectivity index (χ1n) is 12.0. The number of piperidine rings is 2. The second kappa shape index (κ2) is 10.0. The van der Waals surface area contributed by atoms with Gasteiger partial charge >= 0.3 is 6.09 Å². The Bertz CT molecular complexity index is 839. The van der Waals surface area contributed by atoms with E-state index in [0.717, 1.165) is 31.5 Å². The van der Waals surface area contributed by atoms with E-state index in [2.05, 4.69) is 5.32 Å². The van der Waals surface area contributed by atoms with E-state index in [1.165, 1.54) is 43.4 Å². The smallest absolute Gasteiger partial charge is 0.408 e. The Morgan fingerprint density at radius 2 is 1.73 bits per heavy atom. The van der Waals surface area contributed by atoms with Gasteiger partial charge in [0.15, 0.2) is 5.54 Å². The molecular formula is C25H37Cl2N3O3. The van der Waals surface area contributed by atoms with Crippen molar-refractivity contribution in [3.8, 4) is 0 Å². The topological polar surface area (TPSA) is 58.6 Å². The molecule has 0 aliphatic carbocycles. The Hall–Kier alpha value is -1.50. The van der Waals surface area contributed by atoms with Crippen molar-refractivity contribution in [2.45, 2.75) is 76.5 Å². The number of quaternary nitrogens is 1. The number of ether oxygens (including phenoxy) is 1. The summed E-state index contributed by atoms with van der Waals surface area (Å²) in [7, 11) is 0. The molecule has 0 aromatic heterocycles. The fourth-order valence-corrected chi connectivity index (χ4v) is 5.91. The number of hydrogen-bond donors (Lipinski definition) is 1. The first-order chi connectivity index (χ1) is 15.1. The molecule has 33 heavy (non-hydrogen) atoms. The predicted octanol–water partition coefficient (Wildman–Crippen LogP) is 1.16. The minimum Gasteiger partial charge on any atom is -1.00 e. The summed E-state index contributed by atoms with van der Waals surface area (Å²) >= 11 is 6.02. The highest BCUT2D eigenvalue weighted by atomic mass is 35.5. The maximum Gasteiger partial charge on any atom is 0.408 e. The van der Waals surface area contributed by atoms with Gasteiger partial charge in [-0.05, 0) is 57.7 Å². The average Bonchev–Trinajstić information content (AvgIpc) is 3.31. The summed E-state index contributed by atoms with van der Waals surface area (Å²) in [5.74, 6) is -0.0218. The largest absolute Gasteiger partial charge is 1.00 e. The third-order valence-electron chi connectivity index (χ3n) is 7.52. The molecule has 4 rings (SSSR count). The lowest BCUT2D eigenvalue weighted by Crippen LogP contribution is -3.00. The van der Waals surface area contributed by atoms with Crippen LogP contribution in [-0.4, -0.2) is 71.3 Å². The molecule has 3 aliphatic rings. The maximum atomic E-state index is 13.5. The molecule has 1 aromatic carbocycles. The van der Waals surface area contributed by atoms with Crippen molar-refractivity contribution in [1.29, 1.82) is 0 Å². The van der Waals surface area contributed by atoms with E-state index in [-0.39, 0.29) is 18.3 Å². The summed E-state index contributed by atoms with van der Waals surface area (Å²) in [5.41, 5.74) is 0.743. The van der Waals surface area contributed by atoms with Crippen LogP contribution in [0.1, 0.15) is 58.4 Å². The van der Waals surface area contributed by atoms with Gasteiger partial charge in [-0.3, -0.25) is 4.79 Å². The quantitative estimate of drug-likeness (QED) is 0.501. The first kappa shape index (κ1) is 26.1. The van der Waals surface area contributed by atoms with Gasteiger partial charge in [0.05, 0.1) is 13.1 Å². The summed E-state index contributed by atoms with van der Waals surface area (Å²) in [6.07, 6.45) is 6.04. The molecule has 6 nitrogen and oxygen atoms in total. The Kier molecular flexibility index (Phi) is 7.92. The van der Waals surface area contributed by atoms with Gasteiger partial charge < -0.3 is 31.8 Å². The predicted molar refractivity (Wildman–Crippen MR) is 126 cm³/mol. The molecule has 0 radical (unpaired) electrons. The number of benzene rings is 1. The van der Waals surface area contributed by atoms with Crippen LogP contribution in [0.5, 0.6) is 0 Å². The zero-order valence-electron chi connectivity index (χ0n) is 20.0. The number of nitrogens with zero attached hydrogens (tertiary/aromatic N) is 2. The molecule has 1 unspecified atom stereocenters. The van der Waals surface area contributed by atoms with Crippen LogP contribution in [0.4, 0.5) is 4.79 Å². The first-order valence-corrected chi connectivity index (χ1v) is 12.4. The van der Waals surface area contributed by atoms with Crippen LogP contribution < -0.4 is 17.7 Å². The molecule has 184 valence electrons. The number of hydrogen-bond acceptors (Lipinski definition) is 3. The van der Waals surface area contributed by atoms with E-state index in [1.807, 2.05) is 49.9 Å². The molecule has 1 N–H and O–H groups in total. The van der Waals surface area contributed by atoms with Crippen LogP contribution in [-0.2, 0) is 16.0 Å². The second-order valence-corrected chi connectivity index (χ2v) is 11.3. The van der Waals surface area contributed by atoms with Gasteiger partial charge in [-0.25, -0.2) is 4.79 Å². The zero-order chi connectivity index (χ0) is 23.0. The number of alkyl carbamates (subject to hydrolysis) is 1. The normalized spacial score (nSPS) is 21.8. The Balaban J connectivity index is 0.00000306. The standard InChI is InChI=1S/C25H36ClN3O3.ClH/c1-24(2,3)32-23(31)27-21(17-19-7-9-20(26)10-8-19)22(30)28-13-11-25(12-14-28)18-29(25)15-5-4-6-16-29;/h7-10,21H,4-6,11-18H2,1-3H3;1H. The molecule has 3 heterocycles. The average molecular weight is 498 g/mol. The summed E-state index contributed by atoms with van der Waals surface area (Å²) in [4.78, 5) is 27.9. The van der Waals surface area contributed by atoms with Crippen molar-refractivity contribution in [1.82, 2.24) is 10.2 Å². The molecular weight excluding hydrogens is 461 g/mol. The zero-order valence-corrected chi connectivity index (χ0v) is 21.6. The summed E-state index contributed by atoms with van der Waals surface area (Å²) in [6.45, 7) is 10.9. The van der Waals surface area contributed by atoms with Crippen LogP contribution >= 0.6 is 11.6 Å². The number of halogens is 2. The summed E-state index contributed by atoms with van der Waals surface area (Å²) in [5, 5.41) is 3.49. The van der Waals surface area contributed by atoms with Gasteiger partial charge in [-0.15, -0.1) is 0 Å². The van der Waals surface area contributed by atoms with Crippen LogP contribution in [0, 0.1) is 0 Å². The van der Waals surface area contributed by atoms with Crippen molar-refractivity contribution in [3.63, 3.8) is 0 Å². The minimum absolute atomic E-state index is 0. The number of likely N-dealkylation sites (tertiary alicyclic amines) is 1. The highest BCUT2D eigenvalue weighted by Crippen LogP contribution is 2.52. The van der Waals surface area contributed by atoms with Crippen LogP contribution in [0.25, 0.3) is 0 Å². The van der Waals surface area contributed by atoms with Crippen molar-refractivity contribution in [2.24, 2.45) is 0 Å².